The topological polar surface area (TPSA) is 0 Å². The van der Waals surface area contributed by atoms with Crippen LogP contribution in [0.1, 0.15) is 25.7 Å². The molecule has 0 saturated heterocycles. The predicted molar refractivity (Wildman–Crippen MR) is 105 cm³/mol. The van der Waals surface area contributed by atoms with Gasteiger partial charge in [0.25, 0.3) is 0 Å². The molecule has 4 unspecified atom stereocenters. The van der Waals surface area contributed by atoms with Crippen LogP contribution in [0, 0.1) is 34.8 Å². The average Bonchev–Trinajstić information content (AvgIpc) is 3.20. The van der Waals surface area contributed by atoms with E-state index in [-0.39, 0.29) is 0 Å². The molecule has 0 aromatic carbocycles. The summed E-state index contributed by atoms with van der Waals surface area (Å²) in [4.78, 5) is 0. The van der Waals surface area contributed by atoms with E-state index in [0.29, 0.717) is 0 Å². The van der Waals surface area contributed by atoms with Crippen LogP contribution in [0.25, 0.3) is 0 Å². The Labute approximate surface area is 167 Å². The van der Waals surface area contributed by atoms with Crippen molar-refractivity contribution in [1.82, 2.24) is 0 Å². The summed E-state index contributed by atoms with van der Waals surface area (Å²) in [5.41, 5.74) is 3.87. The molecule has 0 heterocycles. The van der Waals surface area contributed by atoms with E-state index in [4.69, 9.17) is 17.0 Å². The molecule has 4 aliphatic carbocycles. The molecule has 4 rings (SSSR count). The molecule has 0 aromatic heterocycles. The summed E-state index contributed by atoms with van der Waals surface area (Å²) < 4.78 is 0. The average molecular weight is 457 g/mol. The van der Waals surface area contributed by atoms with Crippen molar-refractivity contribution in [3.63, 3.8) is 0 Å². The second-order valence-corrected chi connectivity index (χ2v) is 16.0. The first kappa shape index (κ1) is 19.4. The zero-order valence-electron chi connectivity index (χ0n) is 14.5. The van der Waals surface area contributed by atoms with E-state index in [1.165, 1.54) is 25.7 Å². The number of hydrogen-bond acceptors (Lipinski definition) is 0. The van der Waals surface area contributed by atoms with Crippen molar-refractivity contribution < 1.29 is 20.8 Å². The number of halogens is 2. The van der Waals surface area contributed by atoms with Crippen molar-refractivity contribution in [2.45, 2.75) is 38.8 Å². The molecule has 0 aliphatic heterocycles. The van der Waals surface area contributed by atoms with Crippen molar-refractivity contribution in [3.8, 4) is 0 Å². The Morgan fingerprint density at radius 2 is 1.17 bits per heavy atom. The Kier molecular flexibility index (Phi) is 6.91. The minimum absolute atomic E-state index is 0.756. The molecule has 4 atom stereocenters. The number of fused-ring (bicyclic) bond motifs is 2. The van der Waals surface area contributed by atoms with Crippen LogP contribution in [0.15, 0.2) is 48.6 Å². The zero-order chi connectivity index (χ0) is 17.2. The molecule has 0 aromatic rings. The summed E-state index contributed by atoms with van der Waals surface area (Å²) in [5.74, 6) is 3.12. The molecule has 128 valence electrons. The molecule has 0 spiro atoms. The molecular weight excluding hydrogens is 430 g/mol. The predicted octanol–water partition coefficient (Wildman–Crippen LogP) is 6.60. The first-order valence-corrected chi connectivity index (χ1v) is 18.3. The molecular formula is C20H26Cl2SiZr. The van der Waals surface area contributed by atoms with Crippen LogP contribution < -0.4 is 0 Å². The second-order valence-electron chi connectivity index (χ2n) is 7.74. The minimum atomic E-state index is -1.39. The Morgan fingerprint density at radius 3 is 1.58 bits per heavy atom. The second kappa shape index (κ2) is 8.55. The summed E-state index contributed by atoms with van der Waals surface area (Å²) in [6.45, 7) is 5.28. The van der Waals surface area contributed by atoms with Gasteiger partial charge >= 0.3 is 37.9 Å². The van der Waals surface area contributed by atoms with Crippen LogP contribution >= 0.6 is 17.0 Å². The molecule has 4 aliphatic rings. The van der Waals surface area contributed by atoms with Gasteiger partial charge in [-0.3, -0.25) is 0 Å². The number of allylic oxidation sites excluding steroid dienone is 8. The van der Waals surface area contributed by atoms with Gasteiger partial charge in [0.05, 0.1) is 0 Å². The number of hydrogen-bond donors (Lipinski definition) is 0. The van der Waals surface area contributed by atoms with Gasteiger partial charge in [-0.05, 0) is 11.8 Å². The monoisotopic (exact) mass is 454 g/mol. The summed E-state index contributed by atoms with van der Waals surface area (Å²) in [6, 6.07) is 0. The van der Waals surface area contributed by atoms with Gasteiger partial charge in [0.2, 0.25) is 0 Å². The fourth-order valence-electron chi connectivity index (χ4n) is 5.25. The quantitative estimate of drug-likeness (QED) is 0.324. The van der Waals surface area contributed by atoms with Crippen LogP contribution in [-0.2, 0) is 20.8 Å². The Balaban J connectivity index is 0.000000526. The van der Waals surface area contributed by atoms with Gasteiger partial charge in [-0.1, -0.05) is 49.3 Å². The van der Waals surface area contributed by atoms with E-state index in [2.05, 4.69) is 61.7 Å². The fourth-order valence-corrected chi connectivity index (χ4v) is 9.49. The third kappa shape index (κ3) is 3.83. The third-order valence-electron chi connectivity index (χ3n) is 6.40. The molecule has 0 N–H and O–H groups in total. The van der Waals surface area contributed by atoms with Crippen LogP contribution in [0.2, 0.25) is 13.1 Å². The molecule has 0 bridgehead atoms. The zero-order valence-corrected chi connectivity index (χ0v) is 19.5. The standard InChI is InChI=1S/C20H26Si.2ClH.Zr/c1-21(2,19-13-11-15-7-3-5-9-17(15)19)20-14-12-16-8-4-6-10-18(16)20;;;/h3-10,15-18H,11-14H2,1-2H3;2*1H;/q-2;;;+4/p-2. The van der Waals surface area contributed by atoms with Gasteiger partial charge in [-0.2, -0.15) is 12.8 Å². The van der Waals surface area contributed by atoms with Crippen LogP contribution in [0.4, 0.5) is 0 Å². The Bertz CT molecular complexity index is 506. The van der Waals surface area contributed by atoms with E-state index in [0.717, 1.165) is 23.7 Å². The van der Waals surface area contributed by atoms with E-state index in [1.807, 2.05) is 11.1 Å². The maximum atomic E-state index is 4.93. The molecule has 2 saturated carbocycles. The molecule has 0 amide bonds. The molecule has 2 fully saturated rings. The SMILES string of the molecule is C[Si](C)([C-]1CCC2C=CC=CC12)[C-]1CCC2C=CC=CC12.[Cl][Zr+2][Cl]. The van der Waals surface area contributed by atoms with Crippen molar-refractivity contribution in [1.29, 1.82) is 0 Å². The van der Waals surface area contributed by atoms with Gasteiger partial charge in [0.15, 0.2) is 0 Å². The maximum absolute atomic E-state index is 4.93. The summed E-state index contributed by atoms with van der Waals surface area (Å²) in [6.07, 6.45) is 24.5. The van der Waals surface area contributed by atoms with Crippen molar-refractivity contribution >= 4 is 25.1 Å². The van der Waals surface area contributed by atoms with Gasteiger partial charge in [-0.15, -0.1) is 37.1 Å². The molecule has 24 heavy (non-hydrogen) atoms. The van der Waals surface area contributed by atoms with E-state index in [9.17, 15) is 0 Å². The van der Waals surface area contributed by atoms with Gasteiger partial charge in [-0.25, -0.2) is 8.07 Å². The van der Waals surface area contributed by atoms with Gasteiger partial charge in [0, 0.05) is 0 Å². The summed E-state index contributed by atoms with van der Waals surface area (Å²) >= 11 is -0.826. The van der Waals surface area contributed by atoms with E-state index in [1.54, 1.807) is 0 Å². The Morgan fingerprint density at radius 1 is 0.792 bits per heavy atom. The molecule has 0 nitrogen and oxygen atoms in total. The molecule has 0 radical (unpaired) electrons. The van der Waals surface area contributed by atoms with Crippen molar-refractivity contribution in [2.24, 2.45) is 23.7 Å². The van der Waals surface area contributed by atoms with E-state index >= 15 is 0 Å². The third-order valence-corrected chi connectivity index (χ3v) is 10.8. The van der Waals surface area contributed by atoms with Crippen LogP contribution in [0.3, 0.4) is 0 Å². The normalized spacial score (nSPS) is 34.5. The van der Waals surface area contributed by atoms with Gasteiger partial charge in [0.1, 0.15) is 0 Å². The Hall–Kier alpha value is 0.640. The van der Waals surface area contributed by atoms with Crippen molar-refractivity contribution in [2.75, 3.05) is 0 Å². The number of rotatable bonds is 2. The van der Waals surface area contributed by atoms with Gasteiger partial charge < -0.3 is 11.1 Å². The van der Waals surface area contributed by atoms with Crippen LogP contribution in [-0.4, -0.2) is 8.07 Å². The fraction of sp³-hybridized carbons (Fsp3) is 0.500. The van der Waals surface area contributed by atoms with E-state index < -0.39 is 28.9 Å². The molecule has 4 heteroatoms. The van der Waals surface area contributed by atoms with Crippen LogP contribution in [0.5, 0.6) is 0 Å². The summed E-state index contributed by atoms with van der Waals surface area (Å²) in [5, 5.41) is 0. The first-order valence-electron chi connectivity index (χ1n) is 8.98. The summed E-state index contributed by atoms with van der Waals surface area (Å²) in [7, 11) is 8.48. The van der Waals surface area contributed by atoms with Crippen molar-refractivity contribution in [3.05, 3.63) is 59.7 Å². The first-order chi connectivity index (χ1) is 11.6.